The lowest BCUT2D eigenvalue weighted by atomic mass is 9.99. The Morgan fingerprint density at radius 3 is 2.71 bits per heavy atom. The molecule has 3 rings (SSSR count). The topological polar surface area (TPSA) is 88.1 Å². The molecule has 2 heterocycles. The van der Waals surface area contributed by atoms with E-state index in [9.17, 15) is 14.4 Å². The first-order valence-electron chi connectivity index (χ1n) is 6.10. The van der Waals surface area contributed by atoms with E-state index in [1.807, 2.05) is 0 Å². The normalized spacial score (nSPS) is 23.7. The first kappa shape index (κ1) is 13.7. The molecule has 0 aliphatic carbocycles. The number of nitrogens with zero attached hydrogens (tertiary/aromatic N) is 2. The Bertz CT molecular complexity index is 688. The van der Waals surface area contributed by atoms with Crippen LogP contribution in [-0.2, 0) is 19.1 Å². The first-order valence-corrected chi connectivity index (χ1v) is 6.89. The summed E-state index contributed by atoms with van der Waals surface area (Å²) in [6.45, 7) is 0. The first-order chi connectivity index (χ1) is 10.1. The minimum absolute atomic E-state index is 0.0737. The number of hydrazone groups is 1. The third-order valence-electron chi connectivity index (χ3n) is 3.41. The maximum absolute atomic E-state index is 12.5. The molecule has 21 heavy (non-hydrogen) atoms. The van der Waals surface area contributed by atoms with Crippen LogP contribution >= 0.6 is 15.9 Å². The summed E-state index contributed by atoms with van der Waals surface area (Å²) in [5, 5.41) is 3.75. The fourth-order valence-electron chi connectivity index (χ4n) is 2.43. The van der Waals surface area contributed by atoms with Crippen molar-refractivity contribution in [2.75, 3.05) is 12.0 Å². The lowest BCUT2D eigenvalue weighted by Crippen LogP contribution is -2.36. The number of anilines is 1. The number of halogens is 1. The van der Waals surface area contributed by atoms with Gasteiger partial charge in [-0.3, -0.25) is 15.0 Å². The van der Waals surface area contributed by atoms with Crippen LogP contribution in [0.4, 0.5) is 5.69 Å². The smallest absolute Gasteiger partial charge is 0.355 e. The van der Waals surface area contributed by atoms with Crippen LogP contribution in [0.15, 0.2) is 33.8 Å². The zero-order valence-corrected chi connectivity index (χ0v) is 12.5. The molecule has 0 bridgehead atoms. The second kappa shape index (κ2) is 4.96. The summed E-state index contributed by atoms with van der Waals surface area (Å²) in [5.74, 6) is -2.60. The number of benzene rings is 1. The van der Waals surface area contributed by atoms with Gasteiger partial charge in [-0.2, -0.15) is 5.10 Å². The molecular weight excluding hydrogens is 342 g/mol. The van der Waals surface area contributed by atoms with Crippen LogP contribution in [0.25, 0.3) is 0 Å². The van der Waals surface area contributed by atoms with Crippen LogP contribution in [0, 0.1) is 5.92 Å². The summed E-state index contributed by atoms with van der Waals surface area (Å²) < 4.78 is 5.20. The number of nitrogens with one attached hydrogen (secondary N) is 1. The molecular formula is C13H10BrN3O4. The second-order valence-corrected chi connectivity index (χ2v) is 5.39. The van der Waals surface area contributed by atoms with Crippen molar-refractivity contribution >= 4 is 45.1 Å². The molecule has 1 fully saturated rings. The van der Waals surface area contributed by atoms with Crippen LogP contribution in [-0.4, -0.2) is 36.6 Å². The second-order valence-electron chi connectivity index (χ2n) is 4.54. The fourth-order valence-corrected chi connectivity index (χ4v) is 2.89. The van der Waals surface area contributed by atoms with E-state index in [-0.39, 0.29) is 5.71 Å². The number of esters is 1. The predicted octanol–water partition coefficient (Wildman–Crippen LogP) is 0.439. The quantitative estimate of drug-likeness (QED) is 0.616. The van der Waals surface area contributed by atoms with E-state index < -0.39 is 29.7 Å². The van der Waals surface area contributed by atoms with Gasteiger partial charge in [0.2, 0.25) is 5.91 Å². The molecule has 7 nitrogen and oxygen atoms in total. The summed E-state index contributed by atoms with van der Waals surface area (Å²) in [6, 6.07) is 6.01. The van der Waals surface area contributed by atoms with Gasteiger partial charge >= 0.3 is 5.97 Å². The highest BCUT2D eigenvalue weighted by Gasteiger charge is 2.55. The van der Waals surface area contributed by atoms with Gasteiger partial charge < -0.3 is 4.74 Å². The van der Waals surface area contributed by atoms with E-state index in [4.69, 9.17) is 0 Å². The lowest BCUT2D eigenvalue weighted by molar-refractivity contribution is -0.133. The van der Waals surface area contributed by atoms with E-state index in [2.05, 4.69) is 31.2 Å². The van der Waals surface area contributed by atoms with Gasteiger partial charge in [-0.1, -0.05) is 12.1 Å². The van der Waals surface area contributed by atoms with Crippen molar-refractivity contribution in [1.29, 1.82) is 0 Å². The summed E-state index contributed by atoms with van der Waals surface area (Å²) in [6.07, 6.45) is 0. The number of hydrogen-bond donors (Lipinski definition) is 1. The van der Waals surface area contributed by atoms with E-state index in [0.29, 0.717) is 10.2 Å². The summed E-state index contributed by atoms with van der Waals surface area (Å²) >= 11 is 3.31. The lowest BCUT2D eigenvalue weighted by Gasteiger charge is -2.16. The number of carbonyl (C=O) groups excluding carboxylic acids is 3. The highest BCUT2D eigenvalue weighted by atomic mass is 79.9. The number of rotatable bonds is 2. The van der Waals surface area contributed by atoms with Gasteiger partial charge in [0.25, 0.3) is 5.91 Å². The average molecular weight is 352 g/mol. The number of ether oxygens (including phenoxy) is 1. The largest absolute Gasteiger partial charge is 0.464 e. The molecule has 0 aromatic heterocycles. The summed E-state index contributed by atoms with van der Waals surface area (Å²) in [4.78, 5) is 37.6. The van der Waals surface area contributed by atoms with E-state index in [1.165, 1.54) is 7.11 Å². The van der Waals surface area contributed by atoms with E-state index >= 15 is 0 Å². The molecule has 0 unspecified atom stereocenters. The number of fused-ring (bicyclic) bond motifs is 1. The molecule has 8 heteroatoms. The highest BCUT2D eigenvalue weighted by Crippen LogP contribution is 2.34. The Morgan fingerprint density at radius 1 is 1.33 bits per heavy atom. The van der Waals surface area contributed by atoms with Crippen LogP contribution < -0.4 is 10.3 Å². The minimum Gasteiger partial charge on any atom is -0.464 e. The van der Waals surface area contributed by atoms with Gasteiger partial charge in [-0.25, -0.2) is 9.69 Å². The number of amides is 2. The maximum Gasteiger partial charge on any atom is 0.355 e. The fraction of sp³-hybridized carbons (Fsp3) is 0.231. The van der Waals surface area contributed by atoms with Crippen molar-refractivity contribution < 1.29 is 19.1 Å². The Morgan fingerprint density at radius 2 is 2.05 bits per heavy atom. The number of para-hydroxylation sites is 1. The number of imide groups is 1. The summed E-state index contributed by atoms with van der Waals surface area (Å²) in [5.41, 5.74) is 2.91. The van der Waals surface area contributed by atoms with E-state index in [0.717, 1.165) is 4.90 Å². The number of hydrogen-bond acceptors (Lipinski definition) is 6. The number of carbonyl (C=O) groups is 3. The van der Waals surface area contributed by atoms with Crippen molar-refractivity contribution in [2.45, 2.75) is 6.04 Å². The van der Waals surface area contributed by atoms with E-state index in [1.54, 1.807) is 24.3 Å². The van der Waals surface area contributed by atoms with Gasteiger partial charge in [0.15, 0.2) is 5.71 Å². The molecule has 0 radical (unpaired) electrons. The Labute approximate surface area is 128 Å². The van der Waals surface area contributed by atoms with Crippen LogP contribution in [0.1, 0.15) is 0 Å². The van der Waals surface area contributed by atoms with Gasteiger partial charge in [-0.15, -0.1) is 0 Å². The number of methoxy groups -OCH3 is 1. The minimum atomic E-state index is -0.947. The summed E-state index contributed by atoms with van der Waals surface area (Å²) in [7, 11) is 1.20. The van der Waals surface area contributed by atoms with Crippen molar-refractivity contribution in [3.8, 4) is 0 Å². The molecule has 1 aromatic rings. The molecule has 0 spiro atoms. The average Bonchev–Trinajstić information content (AvgIpc) is 3.01. The van der Waals surface area contributed by atoms with Crippen molar-refractivity contribution in [3.63, 3.8) is 0 Å². The molecule has 1 saturated heterocycles. The Kier molecular flexibility index (Phi) is 3.25. The maximum atomic E-state index is 12.5. The van der Waals surface area contributed by atoms with Crippen LogP contribution in [0.3, 0.4) is 0 Å². The van der Waals surface area contributed by atoms with Crippen molar-refractivity contribution in [3.05, 3.63) is 28.7 Å². The van der Waals surface area contributed by atoms with Gasteiger partial charge in [0.05, 0.1) is 12.8 Å². The monoisotopic (exact) mass is 351 g/mol. The molecule has 2 amide bonds. The zero-order chi connectivity index (χ0) is 15.1. The molecule has 108 valence electrons. The third-order valence-corrected chi connectivity index (χ3v) is 4.08. The zero-order valence-electron chi connectivity index (χ0n) is 10.9. The van der Waals surface area contributed by atoms with Crippen LogP contribution in [0.5, 0.6) is 0 Å². The van der Waals surface area contributed by atoms with Crippen molar-refractivity contribution in [2.24, 2.45) is 11.0 Å². The Balaban J connectivity index is 2.00. The van der Waals surface area contributed by atoms with Crippen molar-refractivity contribution in [1.82, 2.24) is 5.43 Å². The van der Waals surface area contributed by atoms with Gasteiger partial charge in [-0.05, 0) is 28.1 Å². The Hall–Kier alpha value is -2.22. The molecule has 2 aliphatic heterocycles. The van der Waals surface area contributed by atoms with Gasteiger partial charge in [0.1, 0.15) is 12.0 Å². The highest BCUT2D eigenvalue weighted by molar-refractivity contribution is 9.10. The molecule has 0 saturated carbocycles. The molecule has 1 N–H and O–H groups in total. The SMILES string of the molecule is COC(=O)C1=NN[C@@H]2C(=O)N(c3ccccc3Br)C(=O)[C@@H]12. The third kappa shape index (κ3) is 1.94. The molecule has 2 atom stereocenters. The van der Waals surface area contributed by atoms with Gasteiger partial charge in [0, 0.05) is 4.47 Å². The molecule has 1 aromatic carbocycles. The standard InChI is InChI=1S/C13H10BrN3O4/c1-21-13(20)10-8-9(15-16-10)12(19)17(11(8)18)7-5-3-2-4-6(7)14/h2-5,8-9,15H,1H3/t8-,9+/m1/s1. The predicted molar refractivity (Wildman–Crippen MR) is 76.5 cm³/mol. The molecule has 2 aliphatic rings. The van der Waals surface area contributed by atoms with Crippen LogP contribution in [0.2, 0.25) is 0 Å².